The van der Waals surface area contributed by atoms with Crippen molar-refractivity contribution in [3.63, 3.8) is 0 Å². The summed E-state index contributed by atoms with van der Waals surface area (Å²) in [6.07, 6.45) is 32.8. The molecule has 1 nitrogen and oxygen atoms in total. The van der Waals surface area contributed by atoms with Crippen LogP contribution in [0, 0.1) is 0 Å². The molecule has 0 saturated heterocycles. The van der Waals surface area contributed by atoms with E-state index in [4.69, 9.17) is 0 Å². The molecule has 0 N–H and O–H groups in total. The van der Waals surface area contributed by atoms with Gasteiger partial charge in [-0.1, -0.05) is 117 Å². The molecule has 1 heteroatoms. The van der Waals surface area contributed by atoms with E-state index in [2.05, 4.69) is 43.8 Å². The third-order valence-electron chi connectivity index (χ3n) is 6.54. The molecule has 1 heterocycles. The Labute approximate surface area is 190 Å². The summed E-state index contributed by atoms with van der Waals surface area (Å²) in [6, 6.07) is 2.50. The molecule has 0 amide bonds. The second-order valence-corrected chi connectivity index (χ2v) is 9.54. The highest BCUT2D eigenvalue weighted by Crippen LogP contribution is 2.14. The van der Waals surface area contributed by atoms with Crippen molar-refractivity contribution < 1.29 is 4.57 Å². The minimum absolute atomic E-state index is 1.09. The van der Waals surface area contributed by atoms with Crippen molar-refractivity contribution in [2.75, 3.05) is 0 Å². The lowest BCUT2D eigenvalue weighted by Gasteiger charge is -2.06. The Hall–Kier alpha value is -0.850. The van der Waals surface area contributed by atoms with Gasteiger partial charge in [-0.2, -0.15) is 0 Å². The Morgan fingerprint density at radius 1 is 0.467 bits per heavy atom. The summed E-state index contributed by atoms with van der Waals surface area (Å²) in [7, 11) is 0. The van der Waals surface area contributed by atoms with Crippen LogP contribution in [0.5, 0.6) is 0 Å². The molecule has 0 bridgehead atoms. The molecule has 0 saturated carbocycles. The molecule has 0 radical (unpaired) electrons. The first-order valence-corrected chi connectivity index (χ1v) is 13.8. The van der Waals surface area contributed by atoms with Crippen LogP contribution in [0.4, 0.5) is 0 Å². The van der Waals surface area contributed by atoms with Gasteiger partial charge in [0, 0.05) is 11.1 Å². The summed E-state index contributed by atoms with van der Waals surface area (Å²) in [5.74, 6) is 0. The van der Waals surface area contributed by atoms with E-state index in [0.29, 0.717) is 0 Å². The van der Waals surface area contributed by atoms with Crippen LogP contribution in [0.1, 0.15) is 147 Å². The zero-order chi connectivity index (χ0) is 21.7. The third kappa shape index (κ3) is 15.0. The maximum Gasteiger partial charge on any atom is 0.171 e. The number of aryl methyl sites for hydroxylation is 3. The Kier molecular flexibility index (Phi) is 18.2. The summed E-state index contributed by atoms with van der Waals surface area (Å²) < 4.78 is 2.41. The summed E-state index contributed by atoms with van der Waals surface area (Å²) in [4.78, 5) is 0. The lowest BCUT2D eigenvalue weighted by Crippen LogP contribution is -2.32. The van der Waals surface area contributed by atoms with Gasteiger partial charge in [-0.25, -0.2) is 4.57 Å². The number of hydrogen-bond donors (Lipinski definition) is 0. The fourth-order valence-electron chi connectivity index (χ4n) is 4.51. The molecule has 0 unspecified atom stereocenters. The average Bonchev–Trinajstić information content (AvgIpc) is 2.76. The van der Waals surface area contributed by atoms with E-state index in [-0.39, 0.29) is 0 Å². The van der Waals surface area contributed by atoms with Crippen molar-refractivity contribution in [3.8, 4) is 0 Å². The second kappa shape index (κ2) is 20.1. The fraction of sp³-hybridized carbons (Fsp3) is 0.828. The van der Waals surface area contributed by atoms with Crippen molar-refractivity contribution in [1.29, 1.82) is 0 Å². The first-order valence-electron chi connectivity index (χ1n) is 13.8. The molecule has 30 heavy (non-hydrogen) atoms. The van der Waals surface area contributed by atoms with Gasteiger partial charge in [0.05, 0.1) is 0 Å². The molecule has 0 aliphatic carbocycles. The molecular formula is C29H54N+. The van der Waals surface area contributed by atoms with Crippen LogP contribution >= 0.6 is 0 Å². The summed E-state index contributed by atoms with van der Waals surface area (Å²) >= 11 is 0. The highest BCUT2D eigenvalue weighted by Gasteiger charge is 2.07. The highest BCUT2D eigenvalue weighted by atomic mass is 14.9. The third-order valence-corrected chi connectivity index (χ3v) is 6.54. The van der Waals surface area contributed by atoms with Gasteiger partial charge in [0.2, 0.25) is 0 Å². The highest BCUT2D eigenvalue weighted by molar-refractivity contribution is 5.15. The van der Waals surface area contributed by atoms with E-state index in [1.54, 1.807) is 11.1 Å². The van der Waals surface area contributed by atoms with Gasteiger partial charge in [-0.15, -0.1) is 0 Å². The van der Waals surface area contributed by atoms with Crippen LogP contribution in [0.25, 0.3) is 0 Å². The maximum absolute atomic E-state index is 2.50. The molecule has 0 spiro atoms. The topological polar surface area (TPSA) is 3.88 Å². The first kappa shape index (κ1) is 27.2. The molecular weight excluding hydrogens is 362 g/mol. The summed E-state index contributed by atoms with van der Waals surface area (Å²) in [5, 5.41) is 0. The van der Waals surface area contributed by atoms with Crippen molar-refractivity contribution in [2.45, 2.75) is 156 Å². The number of pyridine rings is 1. The van der Waals surface area contributed by atoms with Crippen molar-refractivity contribution in [3.05, 3.63) is 29.6 Å². The van der Waals surface area contributed by atoms with Crippen LogP contribution in [0.15, 0.2) is 18.5 Å². The van der Waals surface area contributed by atoms with E-state index >= 15 is 0 Å². The van der Waals surface area contributed by atoms with Crippen LogP contribution in [-0.4, -0.2) is 0 Å². The van der Waals surface area contributed by atoms with Gasteiger partial charge in [0.15, 0.2) is 12.4 Å². The molecule has 0 atom stereocenters. The quantitative estimate of drug-likeness (QED) is 0.139. The average molecular weight is 417 g/mol. The van der Waals surface area contributed by atoms with Gasteiger partial charge in [-0.3, -0.25) is 0 Å². The minimum Gasteiger partial charge on any atom is -0.205 e. The van der Waals surface area contributed by atoms with Gasteiger partial charge >= 0.3 is 0 Å². The van der Waals surface area contributed by atoms with E-state index in [1.165, 1.54) is 128 Å². The lowest BCUT2D eigenvalue weighted by atomic mass is 10.0. The van der Waals surface area contributed by atoms with E-state index in [9.17, 15) is 0 Å². The first-order chi connectivity index (χ1) is 14.8. The zero-order valence-corrected chi connectivity index (χ0v) is 21.0. The van der Waals surface area contributed by atoms with Gasteiger partial charge in [0.1, 0.15) is 6.54 Å². The van der Waals surface area contributed by atoms with E-state index < -0.39 is 0 Å². The van der Waals surface area contributed by atoms with Crippen LogP contribution in [0.2, 0.25) is 0 Å². The molecule has 1 aromatic rings. The number of aromatic nitrogens is 1. The van der Waals surface area contributed by atoms with Crippen molar-refractivity contribution >= 4 is 0 Å². The predicted octanol–water partition coefficient (Wildman–Crippen LogP) is 9.14. The largest absolute Gasteiger partial charge is 0.205 e. The molecule has 0 fully saturated rings. The normalized spacial score (nSPS) is 11.3. The number of rotatable bonds is 21. The van der Waals surface area contributed by atoms with E-state index in [0.717, 1.165) is 6.54 Å². The lowest BCUT2D eigenvalue weighted by molar-refractivity contribution is -0.694. The number of nitrogens with zero attached hydrogens (tertiary/aromatic N) is 1. The molecule has 1 aromatic heterocycles. The molecule has 174 valence electrons. The molecule has 0 aliphatic heterocycles. The molecule has 1 rings (SSSR count). The zero-order valence-electron chi connectivity index (χ0n) is 21.0. The van der Waals surface area contributed by atoms with Gasteiger partial charge in [0.25, 0.3) is 0 Å². The minimum atomic E-state index is 1.09. The number of hydrogen-bond acceptors (Lipinski definition) is 0. The standard InChI is InChI=1S/C29H54N/c1-4-7-9-11-13-15-17-19-21-23-28-25-29(27-30(6-3)26-28)24-22-20-18-16-14-12-10-8-5-2/h25-27H,4-24H2,1-3H3/q+1. The second-order valence-electron chi connectivity index (χ2n) is 9.54. The molecule has 0 aliphatic rings. The summed E-state index contributed by atoms with van der Waals surface area (Å²) in [5.41, 5.74) is 3.13. The monoisotopic (exact) mass is 416 g/mol. The Morgan fingerprint density at radius 3 is 1.13 bits per heavy atom. The van der Waals surface area contributed by atoms with Crippen LogP contribution < -0.4 is 4.57 Å². The predicted molar refractivity (Wildman–Crippen MR) is 134 cm³/mol. The van der Waals surface area contributed by atoms with Crippen molar-refractivity contribution in [2.24, 2.45) is 0 Å². The Morgan fingerprint density at radius 2 is 0.800 bits per heavy atom. The van der Waals surface area contributed by atoms with Crippen molar-refractivity contribution in [1.82, 2.24) is 0 Å². The SMILES string of the molecule is CCCCCCCCCCCc1cc(CCCCCCCCCCC)c[n+](CC)c1. The Bertz CT molecular complexity index is 453. The van der Waals surface area contributed by atoms with E-state index in [1.807, 2.05) is 0 Å². The Balaban J connectivity index is 2.17. The smallest absolute Gasteiger partial charge is 0.171 e. The van der Waals surface area contributed by atoms with Gasteiger partial charge in [-0.05, 0) is 38.7 Å². The number of unbranched alkanes of at least 4 members (excludes halogenated alkanes) is 16. The van der Waals surface area contributed by atoms with Crippen LogP contribution in [-0.2, 0) is 19.4 Å². The van der Waals surface area contributed by atoms with Gasteiger partial charge < -0.3 is 0 Å². The summed E-state index contributed by atoms with van der Waals surface area (Å²) in [6.45, 7) is 7.96. The molecule has 0 aromatic carbocycles. The van der Waals surface area contributed by atoms with Crippen LogP contribution in [0.3, 0.4) is 0 Å². The fourth-order valence-corrected chi connectivity index (χ4v) is 4.51. The maximum atomic E-state index is 2.50.